The summed E-state index contributed by atoms with van der Waals surface area (Å²) in [7, 11) is 3.91. The van der Waals surface area contributed by atoms with Gasteiger partial charge in [-0.2, -0.15) is 0 Å². The van der Waals surface area contributed by atoms with Gasteiger partial charge in [0.2, 0.25) is 5.78 Å². The lowest BCUT2D eigenvalue weighted by molar-refractivity contribution is 0.103. The molecule has 4 heteroatoms. The molecule has 1 fully saturated rings. The number of carbonyl (C=O) groups is 1. The number of quaternary nitrogens is 1. The fourth-order valence-electron chi connectivity index (χ4n) is 4.37. The molecule has 2 aliphatic rings. The molecule has 0 bridgehead atoms. The zero-order chi connectivity index (χ0) is 18.1. The van der Waals surface area contributed by atoms with Crippen molar-refractivity contribution in [3.63, 3.8) is 0 Å². The highest BCUT2D eigenvalue weighted by Crippen LogP contribution is 2.44. The number of methoxy groups -OCH3 is 1. The number of ketones is 1. The first-order chi connectivity index (χ1) is 12.6. The number of hydrogen-bond acceptors (Lipinski definition) is 3. The highest BCUT2D eigenvalue weighted by Gasteiger charge is 2.41. The van der Waals surface area contributed by atoms with Crippen LogP contribution >= 0.6 is 0 Å². The summed E-state index contributed by atoms with van der Waals surface area (Å²) in [6.45, 7) is 4.36. The molecule has 2 aromatic carbocycles. The Bertz CT molecular complexity index is 827. The van der Waals surface area contributed by atoms with Crippen molar-refractivity contribution in [2.75, 3.05) is 40.3 Å². The number of rotatable bonds is 4. The number of benzene rings is 2. The van der Waals surface area contributed by atoms with E-state index in [-0.39, 0.29) is 5.78 Å². The van der Waals surface area contributed by atoms with Gasteiger partial charge in [-0.15, -0.1) is 0 Å². The summed E-state index contributed by atoms with van der Waals surface area (Å²) in [6.07, 6.45) is 3.94. The van der Waals surface area contributed by atoms with E-state index in [0.717, 1.165) is 41.3 Å². The zero-order valence-electron chi connectivity index (χ0n) is 15.7. The van der Waals surface area contributed by atoms with Crippen molar-refractivity contribution in [2.45, 2.75) is 19.3 Å². The van der Waals surface area contributed by atoms with Gasteiger partial charge in [0.05, 0.1) is 25.3 Å². The maximum atomic E-state index is 13.0. The third-order valence-corrected chi connectivity index (χ3v) is 5.97. The third-order valence-electron chi connectivity index (χ3n) is 5.97. The fourth-order valence-corrected chi connectivity index (χ4v) is 4.37. The van der Waals surface area contributed by atoms with Crippen molar-refractivity contribution in [3.8, 4) is 5.75 Å². The van der Waals surface area contributed by atoms with Crippen LogP contribution in [0.4, 0.5) is 11.4 Å². The zero-order valence-corrected chi connectivity index (χ0v) is 15.7. The van der Waals surface area contributed by atoms with Gasteiger partial charge in [0.1, 0.15) is 18.0 Å². The normalized spacial score (nSPS) is 22.6. The highest BCUT2D eigenvalue weighted by atomic mass is 16.5. The predicted molar refractivity (Wildman–Crippen MR) is 105 cm³/mol. The molecule has 0 amide bonds. The molecule has 1 saturated heterocycles. The topological polar surface area (TPSA) is 29.5 Å². The Morgan fingerprint density at radius 2 is 1.73 bits per heavy atom. The van der Waals surface area contributed by atoms with Crippen LogP contribution in [0.3, 0.4) is 0 Å². The van der Waals surface area contributed by atoms with Crippen LogP contribution in [0, 0.1) is 0 Å². The maximum Gasteiger partial charge on any atom is 0.205 e. The fraction of sp³-hybridized carbons (Fsp3) is 0.409. The monoisotopic (exact) mass is 351 g/mol. The number of nitrogens with zero attached hydrogens (tertiary/aromatic N) is 2. The molecule has 0 N–H and O–H groups in total. The van der Waals surface area contributed by atoms with E-state index in [1.54, 1.807) is 7.11 Å². The molecular weight excluding hydrogens is 324 g/mol. The minimum absolute atomic E-state index is 0.117. The molecule has 0 aromatic heterocycles. The molecule has 2 aliphatic heterocycles. The average molecular weight is 351 g/mol. The molecule has 1 atom stereocenters. The average Bonchev–Trinajstić information content (AvgIpc) is 2.71. The second-order valence-electron chi connectivity index (χ2n) is 7.55. The molecule has 0 saturated carbocycles. The summed E-state index contributed by atoms with van der Waals surface area (Å²) in [4.78, 5) is 15.6. The predicted octanol–water partition coefficient (Wildman–Crippen LogP) is 3.99. The van der Waals surface area contributed by atoms with Gasteiger partial charge in [-0.1, -0.05) is 18.6 Å². The number of piperidine rings is 1. The van der Waals surface area contributed by atoms with Crippen molar-refractivity contribution >= 4 is 17.2 Å². The number of hydrogen-bond donors (Lipinski definition) is 0. The smallest absolute Gasteiger partial charge is 0.205 e. The number of para-hydroxylation sites is 1. The molecule has 0 radical (unpaired) electrons. The number of ether oxygens (including phenoxy) is 1. The van der Waals surface area contributed by atoms with Crippen molar-refractivity contribution in [3.05, 3.63) is 53.6 Å². The van der Waals surface area contributed by atoms with Gasteiger partial charge >= 0.3 is 0 Å². The Hall–Kier alpha value is -2.17. The van der Waals surface area contributed by atoms with Gasteiger partial charge in [0.25, 0.3) is 0 Å². The van der Waals surface area contributed by atoms with Crippen molar-refractivity contribution < 1.29 is 9.53 Å². The SMILES string of the molecule is COc1ccc2c(c1)[N+](C)(CCN1CCCCC1)c1ccccc1C2=O. The summed E-state index contributed by atoms with van der Waals surface area (Å²) in [5.74, 6) is 0.921. The molecule has 0 aliphatic carbocycles. The minimum Gasteiger partial charge on any atom is -0.497 e. The quantitative estimate of drug-likeness (QED) is 0.780. The molecule has 1 unspecified atom stereocenters. The van der Waals surface area contributed by atoms with E-state index in [9.17, 15) is 4.79 Å². The largest absolute Gasteiger partial charge is 0.497 e. The Kier molecular flexibility index (Phi) is 4.55. The summed E-state index contributed by atoms with van der Waals surface area (Å²) in [6, 6.07) is 13.9. The van der Waals surface area contributed by atoms with E-state index in [4.69, 9.17) is 4.74 Å². The lowest BCUT2D eigenvalue weighted by Crippen LogP contribution is -2.49. The molecule has 4 nitrogen and oxygen atoms in total. The lowest BCUT2D eigenvalue weighted by Gasteiger charge is -2.40. The molecule has 26 heavy (non-hydrogen) atoms. The van der Waals surface area contributed by atoms with Crippen molar-refractivity contribution in [1.29, 1.82) is 0 Å². The summed E-state index contributed by atoms with van der Waals surface area (Å²) in [5, 5.41) is 0. The van der Waals surface area contributed by atoms with E-state index in [1.165, 1.54) is 32.4 Å². The Balaban J connectivity index is 1.76. The molecular formula is C22H27N2O2+. The standard InChI is InChI=1S/C22H27N2O2/c1-24(15-14-23-12-6-3-7-13-23)20-9-5-4-8-18(20)22(25)19-11-10-17(26-2)16-21(19)24/h4-5,8-11,16H,3,6-7,12-15H2,1-2H3/q+1. The Labute approximate surface area is 155 Å². The van der Waals surface area contributed by atoms with E-state index in [1.807, 2.05) is 36.4 Å². The van der Waals surface area contributed by atoms with Crippen LogP contribution in [-0.2, 0) is 0 Å². The van der Waals surface area contributed by atoms with E-state index < -0.39 is 0 Å². The summed E-state index contributed by atoms with van der Waals surface area (Å²) < 4.78 is 6.10. The third kappa shape index (κ3) is 2.83. The van der Waals surface area contributed by atoms with Crippen LogP contribution in [0.25, 0.3) is 0 Å². The van der Waals surface area contributed by atoms with Crippen LogP contribution in [0.15, 0.2) is 42.5 Å². The van der Waals surface area contributed by atoms with Gasteiger partial charge in [-0.3, -0.25) is 14.2 Å². The molecule has 2 aromatic rings. The maximum absolute atomic E-state index is 13.0. The lowest BCUT2D eigenvalue weighted by atomic mass is 9.92. The van der Waals surface area contributed by atoms with Gasteiger partial charge in [-0.25, -0.2) is 0 Å². The van der Waals surface area contributed by atoms with Crippen molar-refractivity contribution in [1.82, 2.24) is 9.38 Å². The number of likely N-dealkylation sites (N-methyl/N-ethyl adjacent to an activating group) is 1. The van der Waals surface area contributed by atoms with Crippen LogP contribution < -0.4 is 9.22 Å². The van der Waals surface area contributed by atoms with E-state index >= 15 is 0 Å². The van der Waals surface area contributed by atoms with Gasteiger partial charge < -0.3 is 4.74 Å². The minimum atomic E-state index is 0.117. The second-order valence-corrected chi connectivity index (χ2v) is 7.55. The Morgan fingerprint density at radius 1 is 1.00 bits per heavy atom. The summed E-state index contributed by atoms with van der Waals surface area (Å²) in [5.41, 5.74) is 3.76. The van der Waals surface area contributed by atoms with Crippen LogP contribution in [0.5, 0.6) is 5.75 Å². The van der Waals surface area contributed by atoms with Crippen LogP contribution in [-0.4, -0.2) is 51.0 Å². The van der Waals surface area contributed by atoms with Crippen LogP contribution in [0.1, 0.15) is 35.2 Å². The van der Waals surface area contributed by atoms with E-state index in [0.29, 0.717) is 4.48 Å². The second kappa shape index (κ2) is 6.86. The first-order valence-corrected chi connectivity index (χ1v) is 9.54. The van der Waals surface area contributed by atoms with Gasteiger partial charge in [0.15, 0.2) is 5.69 Å². The Morgan fingerprint density at radius 3 is 2.50 bits per heavy atom. The highest BCUT2D eigenvalue weighted by molar-refractivity contribution is 6.18. The summed E-state index contributed by atoms with van der Waals surface area (Å²) >= 11 is 0. The number of fused-ring (bicyclic) bond motifs is 2. The van der Waals surface area contributed by atoms with E-state index in [2.05, 4.69) is 18.0 Å². The first kappa shape index (κ1) is 17.3. The number of carbonyl (C=O) groups excluding carboxylic acids is 1. The van der Waals surface area contributed by atoms with Crippen molar-refractivity contribution in [2.24, 2.45) is 0 Å². The molecule has 4 rings (SSSR count). The first-order valence-electron chi connectivity index (χ1n) is 9.54. The van der Waals surface area contributed by atoms with Crippen LogP contribution in [0.2, 0.25) is 0 Å². The number of likely N-dealkylation sites (tertiary alicyclic amines) is 1. The molecule has 2 heterocycles. The van der Waals surface area contributed by atoms with Gasteiger partial charge in [-0.05, 0) is 44.1 Å². The molecule has 136 valence electrons. The molecule has 0 spiro atoms. The van der Waals surface area contributed by atoms with Gasteiger partial charge in [0, 0.05) is 18.7 Å².